The summed E-state index contributed by atoms with van der Waals surface area (Å²) in [5.41, 5.74) is 0.330. The first-order chi connectivity index (χ1) is 12.0. The van der Waals surface area contributed by atoms with Gasteiger partial charge in [-0.25, -0.2) is 9.37 Å². The van der Waals surface area contributed by atoms with Crippen LogP contribution < -0.4 is 5.32 Å². The van der Waals surface area contributed by atoms with Crippen molar-refractivity contribution in [1.82, 2.24) is 10.3 Å². The molecule has 1 fully saturated rings. The van der Waals surface area contributed by atoms with Gasteiger partial charge in [-0.3, -0.25) is 9.59 Å². The van der Waals surface area contributed by atoms with Gasteiger partial charge in [0.1, 0.15) is 5.82 Å². The number of nitrogens with one attached hydrogen (secondary N) is 1. The van der Waals surface area contributed by atoms with E-state index in [1.807, 2.05) is 0 Å². The first-order valence-electron chi connectivity index (χ1n) is 8.24. The first-order valence-corrected chi connectivity index (χ1v) is 8.24. The fourth-order valence-electron chi connectivity index (χ4n) is 3.07. The van der Waals surface area contributed by atoms with Crippen LogP contribution in [0.5, 0.6) is 0 Å². The quantitative estimate of drug-likeness (QED) is 0.839. The molecule has 2 aromatic rings. The molecule has 0 bridgehead atoms. The average Bonchev–Trinajstić information content (AvgIpc) is 3.23. The number of carboxylic acid groups (broad SMARTS) is 1. The summed E-state index contributed by atoms with van der Waals surface area (Å²) in [6, 6.07) is 6.16. The lowest BCUT2D eigenvalue weighted by molar-refractivity contribution is -0.141. The molecule has 1 heterocycles. The van der Waals surface area contributed by atoms with Crippen molar-refractivity contribution in [1.29, 1.82) is 0 Å². The molecule has 0 unspecified atom stereocenters. The summed E-state index contributed by atoms with van der Waals surface area (Å²) < 4.78 is 19.2. The Hall–Kier alpha value is -2.70. The summed E-state index contributed by atoms with van der Waals surface area (Å²) in [5.74, 6) is -1.05. The van der Waals surface area contributed by atoms with Gasteiger partial charge in [0.2, 0.25) is 5.91 Å². The van der Waals surface area contributed by atoms with Crippen molar-refractivity contribution in [2.24, 2.45) is 5.92 Å². The maximum absolute atomic E-state index is 13.7. The number of carboxylic acids is 1. The molecular weight excluding hydrogens is 327 g/mol. The predicted octanol–water partition coefficient (Wildman–Crippen LogP) is 2.78. The number of oxazole rings is 1. The topological polar surface area (TPSA) is 92.4 Å². The molecule has 25 heavy (non-hydrogen) atoms. The number of aryl methyl sites for hydroxylation is 1. The lowest BCUT2D eigenvalue weighted by Gasteiger charge is -2.11. The van der Waals surface area contributed by atoms with Gasteiger partial charge in [-0.2, -0.15) is 0 Å². The second kappa shape index (κ2) is 7.46. The fraction of sp³-hybridized carbons (Fsp3) is 0.389. The Labute approximate surface area is 144 Å². The van der Waals surface area contributed by atoms with Gasteiger partial charge in [-0.15, -0.1) is 0 Å². The Kier molecular flexibility index (Phi) is 5.11. The summed E-state index contributed by atoms with van der Waals surface area (Å²) >= 11 is 0. The molecule has 1 amide bonds. The number of amides is 1. The minimum atomic E-state index is -0.808. The van der Waals surface area contributed by atoms with Crippen LogP contribution in [0.25, 0.3) is 11.3 Å². The zero-order valence-electron chi connectivity index (χ0n) is 13.6. The molecule has 6 nitrogen and oxygen atoms in total. The zero-order chi connectivity index (χ0) is 17.8. The van der Waals surface area contributed by atoms with E-state index in [0.717, 1.165) is 0 Å². The highest BCUT2D eigenvalue weighted by Crippen LogP contribution is 2.26. The third-order valence-corrected chi connectivity index (χ3v) is 4.41. The number of rotatable bonds is 6. The Morgan fingerprint density at radius 3 is 2.84 bits per heavy atom. The van der Waals surface area contributed by atoms with E-state index in [4.69, 9.17) is 9.52 Å². The standard InChI is InChI=1S/C18H19FN2O4/c19-14-4-2-1-3-13(14)15-10-20-17(25-15)8-7-16(22)21-12-6-5-11(9-12)18(23)24/h1-4,10-12H,5-9H2,(H,21,22)(H,23,24)/t11-,12+/m1/s1. The van der Waals surface area contributed by atoms with Crippen molar-refractivity contribution >= 4 is 11.9 Å². The fourth-order valence-corrected chi connectivity index (χ4v) is 3.07. The van der Waals surface area contributed by atoms with Crippen molar-refractivity contribution in [2.75, 3.05) is 0 Å². The predicted molar refractivity (Wildman–Crippen MR) is 87.1 cm³/mol. The van der Waals surface area contributed by atoms with E-state index in [1.54, 1.807) is 18.2 Å². The number of carbonyl (C=O) groups excluding carboxylic acids is 1. The Morgan fingerprint density at radius 2 is 2.12 bits per heavy atom. The molecule has 2 atom stereocenters. The molecule has 3 rings (SSSR count). The number of hydrogen-bond donors (Lipinski definition) is 2. The maximum Gasteiger partial charge on any atom is 0.306 e. The van der Waals surface area contributed by atoms with E-state index in [9.17, 15) is 14.0 Å². The SMILES string of the molecule is O=C(CCc1ncc(-c2ccccc2F)o1)N[C@H]1CC[C@@H](C(=O)O)C1. The highest BCUT2D eigenvalue weighted by molar-refractivity contribution is 5.77. The van der Waals surface area contributed by atoms with Crippen LogP contribution in [-0.4, -0.2) is 28.0 Å². The van der Waals surface area contributed by atoms with Crippen LogP contribution >= 0.6 is 0 Å². The van der Waals surface area contributed by atoms with Gasteiger partial charge in [0.05, 0.1) is 17.7 Å². The molecule has 1 aliphatic rings. The van der Waals surface area contributed by atoms with Gasteiger partial charge >= 0.3 is 5.97 Å². The Balaban J connectivity index is 1.50. The van der Waals surface area contributed by atoms with Crippen LogP contribution in [0, 0.1) is 11.7 Å². The van der Waals surface area contributed by atoms with Gasteiger partial charge in [0.15, 0.2) is 11.7 Å². The normalized spacial score (nSPS) is 19.7. The minimum Gasteiger partial charge on any atom is -0.481 e. The van der Waals surface area contributed by atoms with E-state index in [1.165, 1.54) is 12.3 Å². The number of halogens is 1. The Morgan fingerprint density at radius 1 is 1.32 bits per heavy atom. The van der Waals surface area contributed by atoms with Crippen LogP contribution in [0.4, 0.5) is 4.39 Å². The van der Waals surface area contributed by atoms with Crippen molar-refractivity contribution in [2.45, 2.75) is 38.1 Å². The van der Waals surface area contributed by atoms with Crippen LogP contribution in [0.1, 0.15) is 31.6 Å². The van der Waals surface area contributed by atoms with Gasteiger partial charge in [-0.05, 0) is 31.4 Å². The summed E-state index contributed by atoms with van der Waals surface area (Å²) in [5, 5.41) is 11.8. The van der Waals surface area contributed by atoms with Crippen molar-refractivity contribution in [3.63, 3.8) is 0 Å². The van der Waals surface area contributed by atoms with Crippen molar-refractivity contribution < 1.29 is 23.5 Å². The third kappa shape index (κ3) is 4.23. The zero-order valence-corrected chi connectivity index (χ0v) is 13.6. The summed E-state index contributed by atoms with van der Waals surface area (Å²) in [4.78, 5) is 27.0. The van der Waals surface area contributed by atoms with E-state index in [0.29, 0.717) is 42.9 Å². The van der Waals surface area contributed by atoms with Gasteiger partial charge in [-0.1, -0.05) is 12.1 Å². The summed E-state index contributed by atoms with van der Waals surface area (Å²) in [6.07, 6.45) is 3.67. The molecule has 7 heteroatoms. The molecule has 0 spiro atoms. The molecule has 2 N–H and O–H groups in total. The molecular formula is C18H19FN2O4. The maximum atomic E-state index is 13.7. The largest absolute Gasteiger partial charge is 0.481 e. The number of aliphatic carboxylic acids is 1. The molecule has 1 saturated carbocycles. The van der Waals surface area contributed by atoms with E-state index < -0.39 is 11.8 Å². The second-order valence-electron chi connectivity index (χ2n) is 6.21. The van der Waals surface area contributed by atoms with E-state index in [2.05, 4.69) is 10.3 Å². The van der Waals surface area contributed by atoms with Gasteiger partial charge < -0.3 is 14.8 Å². The van der Waals surface area contributed by atoms with Crippen molar-refractivity contribution in [3.05, 3.63) is 42.2 Å². The van der Waals surface area contributed by atoms with Crippen LogP contribution in [0.3, 0.4) is 0 Å². The van der Waals surface area contributed by atoms with Crippen LogP contribution in [-0.2, 0) is 16.0 Å². The molecule has 132 valence electrons. The Bertz CT molecular complexity index is 774. The number of benzene rings is 1. The number of hydrogen-bond acceptors (Lipinski definition) is 4. The van der Waals surface area contributed by atoms with Crippen LogP contribution in [0.2, 0.25) is 0 Å². The highest BCUT2D eigenvalue weighted by Gasteiger charge is 2.30. The van der Waals surface area contributed by atoms with E-state index in [-0.39, 0.29) is 24.3 Å². The molecule has 1 aliphatic carbocycles. The first kappa shape index (κ1) is 17.1. The lowest BCUT2D eigenvalue weighted by atomic mass is 10.1. The summed E-state index contributed by atoms with van der Waals surface area (Å²) in [6.45, 7) is 0. The third-order valence-electron chi connectivity index (χ3n) is 4.41. The molecule has 1 aromatic carbocycles. The number of nitrogens with zero attached hydrogens (tertiary/aromatic N) is 1. The highest BCUT2D eigenvalue weighted by atomic mass is 19.1. The summed E-state index contributed by atoms with van der Waals surface area (Å²) in [7, 11) is 0. The number of aromatic nitrogens is 1. The smallest absolute Gasteiger partial charge is 0.306 e. The minimum absolute atomic E-state index is 0.0906. The van der Waals surface area contributed by atoms with Gasteiger partial charge in [0.25, 0.3) is 0 Å². The monoisotopic (exact) mass is 346 g/mol. The molecule has 0 radical (unpaired) electrons. The average molecular weight is 346 g/mol. The molecule has 0 aliphatic heterocycles. The van der Waals surface area contributed by atoms with Crippen molar-refractivity contribution in [3.8, 4) is 11.3 Å². The van der Waals surface area contributed by atoms with Crippen LogP contribution in [0.15, 0.2) is 34.9 Å². The molecule has 1 aromatic heterocycles. The van der Waals surface area contributed by atoms with E-state index >= 15 is 0 Å². The molecule has 0 saturated heterocycles. The second-order valence-corrected chi connectivity index (χ2v) is 6.21. The van der Waals surface area contributed by atoms with Gasteiger partial charge in [0, 0.05) is 18.9 Å². The number of carbonyl (C=O) groups is 2. The lowest BCUT2D eigenvalue weighted by Crippen LogP contribution is -2.33.